The highest BCUT2D eigenvalue weighted by Crippen LogP contribution is 2.38. The van der Waals surface area contributed by atoms with Crippen molar-refractivity contribution in [2.45, 2.75) is 20.3 Å². The van der Waals surface area contributed by atoms with Gasteiger partial charge in [0.1, 0.15) is 5.15 Å². The average Bonchev–Trinajstić information content (AvgIpc) is 3.30. The molecule has 0 aromatic carbocycles. The van der Waals surface area contributed by atoms with Gasteiger partial charge in [-0.15, -0.1) is 0 Å². The number of aromatic nitrogens is 3. The quantitative estimate of drug-likeness (QED) is 0.356. The van der Waals surface area contributed by atoms with Crippen molar-refractivity contribution in [2.24, 2.45) is 0 Å². The maximum absolute atomic E-state index is 6.25. The Bertz CT molecular complexity index is 774. The second-order valence-electron chi connectivity index (χ2n) is 5.53. The number of nitrogens with zero attached hydrogens (tertiary/aromatic N) is 4. The molecule has 5 nitrogen and oxygen atoms in total. The zero-order chi connectivity index (χ0) is 17.8. The third-order valence-electron chi connectivity index (χ3n) is 4.17. The summed E-state index contributed by atoms with van der Waals surface area (Å²) in [6.07, 6.45) is 7.66. The first-order valence-electron chi connectivity index (χ1n) is 8.39. The lowest BCUT2D eigenvalue weighted by molar-refractivity contribution is 0.122. The number of halogens is 2. The van der Waals surface area contributed by atoms with E-state index in [-0.39, 0.29) is 0 Å². The fraction of sp³-hybridized carbons (Fsp3) is 0.412. The molecule has 1 aliphatic heterocycles. The van der Waals surface area contributed by atoms with Crippen LogP contribution in [-0.2, 0) is 11.2 Å². The van der Waals surface area contributed by atoms with Crippen LogP contribution in [0.1, 0.15) is 30.7 Å². The molecule has 1 aliphatic carbocycles. The van der Waals surface area contributed by atoms with E-state index in [1.165, 1.54) is 16.8 Å². The normalized spacial score (nSPS) is 16.6. The van der Waals surface area contributed by atoms with Crippen LogP contribution in [0.4, 0.5) is 5.69 Å². The van der Waals surface area contributed by atoms with E-state index in [1.807, 2.05) is 30.6 Å². The molecule has 1 fully saturated rings. The summed E-state index contributed by atoms with van der Waals surface area (Å²) in [5.74, 6) is 0. The van der Waals surface area contributed by atoms with Crippen LogP contribution >= 0.6 is 40.0 Å². The molecule has 8 heteroatoms. The highest BCUT2D eigenvalue weighted by atomic mass is 127. The first-order chi connectivity index (χ1) is 12.2. The van der Waals surface area contributed by atoms with E-state index >= 15 is 0 Å². The number of anilines is 1. The van der Waals surface area contributed by atoms with E-state index in [2.05, 4.69) is 49.3 Å². The summed E-state index contributed by atoms with van der Waals surface area (Å²) in [7, 11) is 0. The van der Waals surface area contributed by atoms with E-state index in [0.717, 1.165) is 44.0 Å². The van der Waals surface area contributed by atoms with E-state index < -0.39 is 0 Å². The van der Waals surface area contributed by atoms with Crippen LogP contribution in [-0.4, -0.2) is 40.8 Å². The lowest BCUT2D eigenvalue weighted by Crippen LogP contribution is -2.36. The van der Waals surface area contributed by atoms with Crippen molar-refractivity contribution in [3.8, 4) is 0 Å². The lowest BCUT2D eigenvalue weighted by atomic mass is 10.1. The molecule has 2 aromatic rings. The first kappa shape index (κ1) is 19.1. The standard InChI is InChI=1S/C15H15ClIN4OP.C2H6/c16-15-7-14(20-1-3-22-4-2-20)12-5-10(6-13(12)19-15)11-8-18-21(9-11)23-17;1-2/h6-9,23H,1-5H2;1-2H3. The monoisotopic (exact) mass is 490 g/mol. The molecule has 0 N–H and O–H groups in total. The van der Waals surface area contributed by atoms with E-state index in [1.54, 1.807) is 0 Å². The Hall–Kier alpha value is -0.690. The minimum atomic E-state index is 0.548. The number of hydrogen-bond acceptors (Lipinski definition) is 4. The molecular weight excluding hydrogens is 470 g/mol. The highest BCUT2D eigenvalue weighted by molar-refractivity contribution is 14.2. The van der Waals surface area contributed by atoms with Crippen LogP contribution in [0, 0.1) is 0 Å². The molecule has 2 aromatic heterocycles. The zero-order valence-corrected chi connectivity index (χ0v) is 18.2. The topological polar surface area (TPSA) is 43.2 Å². The van der Waals surface area contributed by atoms with Crippen LogP contribution in [0.2, 0.25) is 5.15 Å². The van der Waals surface area contributed by atoms with Crippen LogP contribution in [0.25, 0.3) is 11.6 Å². The molecule has 25 heavy (non-hydrogen) atoms. The molecular formula is C17H21ClIN4OP. The Kier molecular flexibility index (Phi) is 6.72. The maximum atomic E-state index is 6.25. The molecule has 2 aliphatic rings. The van der Waals surface area contributed by atoms with Gasteiger partial charge in [0.05, 0.1) is 31.5 Å². The van der Waals surface area contributed by atoms with Gasteiger partial charge in [0.15, 0.2) is 0 Å². The molecule has 3 heterocycles. The van der Waals surface area contributed by atoms with Gasteiger partial charge in [-0.1, -0.05) is 25.4 Å². The summed E-state index contributed by atoms with van der Waals surface area (Å²) in [6, 6.07) is 1.98. The van der Waals surface area contributed by atoms with Gasteiger partial charge in [-0.3, -0.25) is 0 Å². The number of rotatable bonds is 3. The van der Waals surface area contributed by atoms with Gasteiger partial charge in [-0.2, -0.15) is 5.10 Å². The molecule has 0 bridgehead atoms. The number of pyridine rings is 1. The number of allylic oxidation sites excluding steroid dienone is 1. The van der Waals surface area contributed by atoms with Gasteiger partial charge in [-0.05, 0) is 39.8 Å². The second-order valence-corrected chi connectivity index (χ2v) is 7.99. The number of ether oxygens (including phenoxy) is 1. The number of hydrogen-bond donors (Lipinski definition) is 0. The minimum Gasteiger partial charge on any atom is -0.378 e. The minimum absolute atomic E-state index is 0.548. The lowest BCUT2D eigenvalue weighted by Gasteiger charge is -2.30. The van der Waals surface area contributed by atoms with Gasteiger partial charge < -0.3 is 9.64 Å². The fourth-order valence-electron chi connectivity index (χ4n) is 3.06. The Balaban J connectivity index is 0.000000880. The molecule has 134 valence electrons. The van der Waals surface area contributed by atoms with Crippen LogP contribution in [0.3, 0.4) is 0 Å². The number of morpholine rings is 1. The molecule has 1 unspecified atom stereocenters. The third-order valence-corrected chi connectivity index (χ3v) is 6.27. The zero-order valence-electron chi connectivity index (χ0n) is 14.3. The Morgan fingerprint density at radius 1 is 1.28 bits per heavy atom. The molecule has 0 radical (unpaired) electrons. The van der Waals surface area contributed by atoms with Crippen LogP contribution in [0.15, 0.2) is 18.5 Å². The maximum Gasteiger partial charge on any atom is 0.131 e. The van der Waals surface area contributed by atoms with Gasteiger partial charge in [0, 0.05) is 42.5 Å². The van der Waals surface area contributed by atoms with Crippen molar-refractivity contribution in [2.75, 3.05) is 31.2 Å². The summed E-state index contributed by atoms with van der Waals surface area (Å²) in [5, 5.41) is 4.93. The van der Waals surface area contributed by atoms with Crippen LogP contribution < -0.4 is 4.90 Å². The molecule has 0 saturated carbocycles. The van der Waals surface area contributed by atoms with Gasteiger partial charge >= 0.3 is 0 Å². The fourth-order valence-corrected chi connectivity index (χ4v) is 4.33. The number of fused-ring (bicyclic) bond motifs is 1. The molecule has 0 amide bonds. The van der Waals surface area contributed by atoms with Crippen molar-refractivity contribution in [3.63, 3.8) is 0 Å². The second kappa shape index (κ2) is 8.80. The van der Waals surface area contributed by atoms with Crippen LogP contribution in [0.5, 0.6) is 0 Å². The summed E-state index contributed by atoms with van der Waals surface area (Å²) < 4.78 is 7.42. The predicted molar refractivity (Wildman–Crippen MR) is 115 cm³/mol. The summed E-state index contributed by atoms with van der Waals surface area (Å²) >= 11 is 8.58. The Labute approximate surface area is 168 Å². The van der Waals surface area contributed by atoms with Gasteiger partial charge in [0.2, 0.25) is 0 Å². The van der Waals surface area contributed by atoms with Crippen molar-refractivity contribution in [1.82, 2.24) is 14.5 Å². The third kappa shape index (κ3) is 4.18. The summed E-state index contributed by atoms with van der Waals surface area (Å²) in [4.78, 5) is 6.87. The average molecular weight is 491 g/mol. The summed E-state index contributed by atoms with van der Waals surface area (Å²) in [5.41, 5.74) is 5.86. The van der Waals surface area contributed by atoms with E-state index in [4.69, 9.17) is 16.3 Å². The Morgan fingerprint density at radius 3 is 2.72 bits per heavy atom. The summed E-state index contributed by atoms with van der Waals surface area (Å²) in [6.45, 7) is 7.32. The van der Waals surface area contributed by atoms with E-state index in [9.17, 15) is 0 Å². The molecule has 0 spiro atoms. The SMILES string of the molecule is CC.Clc1cc(N2CCOCC2)c2c(n1)C=C(c1cnn(PI)c1)C2. The highest BCUT2D eigenvalue weighted by Gasteiger charge is 2.24. The van der Waals surface area contributed by atoms with Crippen molar-refractivity contribution in [1.29, 1.82) is 0 Å². The van der Waals surface area contributed by atoms with Gasteiger partial charge in [0.25, 0.3) is 0 Å². The van der Waals surface area contributed by atoms with Gasteiger partial charge in [-0.25, -0.2) is 9.44 Å². The molecule has 1 atom stereocenters. The van der Waals surface area contributed by atoms with Crippen molar-refractivity contribution >= 4 is 57.4 Å². The predicted octanol–water partition coefficient (Wildman–Crippen LogP) is 4.68. The van der Waals surface area contributed by atoms with E-state index in [0.29, 0.717) is 11.5 Å². The first-order valence-corrected chi connectivity index (χ1v) is 12.8. The molecule has 1 saturated heterocycles. The van der Waals surface area contributed by atoms with Crippen molar-refractivity contribution in [3.05, 3.63) is 40.4 Å². The Morgan fingerprint density at radius 2 is 2.04 bits per heavy atom. The van der Waals surface area contributed by atoms with Crippen molar-refractivity contribution < 1.29 is 4.74 Å². The largest absolute Gasteiger partial charge is 0.378 e. The molecule has 4 rings (SSSR count). The smallest absolute Gasteiger partial charge is 0.131 e.